The number of ketones is 1. The molecule has 1 amide bonds. The predicted molar refractivity (Wildman–Crippen MR) is 120 cm³/mol. The third-order valence-electron chi connectivity index (χ3n) is 5.98. The third-order valence-corrected chi connectivity index (χ3v) is 5.98. The molecule has 8 nitrogen and oxygen atoms in total. The Kier molecular flexibility index (Phi) is 7.03. The number of aliphatic hydroxyl groups is 1. The third kappa shape index (κ3) is 4.61. The molecule has 1 fully saturated rings. The molecule has 0 bridgehead atoms. The predicted octanol–water partition coefficient (Wildman–Crippen LogP) is 4.22. The normalized spacial score (nSPS) is 20.5. The number of carbonyl (C=O) groups excluding carboxylic acids is 2. The zero-order chi connectivity index (χ0) is 23.4. The molecule has 2 aromatic rings. The minimum atomic E-state index is -0.808. The van der Waals surface area contributed by atoms with Gasteiger partial charge in [0, 0.05) is 13.2 Å². The summed E-state index contributed by atoms with van der Waals surface area (Å²) >= 11 is 0. The fourth-order valence-electron chi connectivity index (χ4n) is 4.27. The minimum absolute atomic E-state index is 0.0188. The molecule has 4 rings (SSSR count). The van der Waals surface area contributed by atoms with Gasteiger partial charge in [-0.2, -0.15) is 0 Å². The summed E-state index contributed by atoms with van der Waals surface area (Å²) in [6.07, 6.45) is 4.87. The van der Waals surface area contributed by atoms with Gasteiger partial charge in [-0.1, -0.05) is 19.4 Å². The molecule has 3 heterocycles. The smallest absolute Gasteiger partial charge is 0.290 e. The number of methoxy groups -OCH3 is 1. The van der Waals surface area contributed by atoms with E-state index >= 15 is 0 Å². The van der Waals surface area contributed by atoms with Crippen molar-refractivity contribution < 1.29 is 33.3 Å². The van der Waals surface area contributed by atoms with Crippen LogP contribution in [0.3, 0.4) is 0 Å². The first kappa shape index (κ1) is 22.9. The number of unbranched alkanes of at least 4 members (excludes halogenated alkanes) is 1. The zero-order valence-electron chi connectivity index (χ0n) is 18.9. The van der Waals surface area contributed by atoms with E-state index in [1.807, 2.05) is 0 Å². The van der Waals surface area contributed by atoms with Gasteiger partial charge in [0.05, 0.1) is 37.7 Å². The molecule has 2 aliphatic heterocycles. The molecule has 1 saturated heterocycles. The second-order valence-electron chi connectivity index (χ2n) is 8.18. The molecule has 2 aliphatic rings. The molecule has 1 aromatic carbocycles. The minimum Gasteiger partial charge on any atom is -0.503 e. The van der Waals surface area contributed by atoms with Crippen molar-refractivity contribution in [3.8, 4) is 11.5 Å². The average molecular weight is 456 g/mol. The first-order valence-electron chi connectivity index (χ1n) is 11.3. The summed E-state index contributed by atoms with van der Waals surface area (Å²) in [4.78, 5) is 27.8. The van der Waals surface area contributed by atoms with Gasteiger partial charge in [0.1, 0.15) is 0 Å². The molecule has 176 valence electrons. The topological polar surface area (TPSA) is 98.4 Å². The molecular weight excluding hydrogens is 426 g/mol. The molecule has 2 unspecified atom stereocenters. The largest absolute Gasteiger partial charge is 0.503 e. The summed E-state index contributed by atoms with van der Waals surface area (Å²) in [5.41, 5.74) is 0.606. The Balaban J connectivity index is 1.72. The van der Waals surface area contributed by atoms with Crippen molar-refractivity contribution in [2.45, 2.75) is 44.8 Å². The molecule has 0 saturated carbocycles. The van der Waals surface area contributed by atoms with Crippen LogP contribution in [0.15, 0.2) is 52.3 Å². The van der Waals surface area contributed by atoms with Crippen molar-refractivity contribution in [3.63, 3.8) is 0 Å². The molecule has 0 aliphatic carbocycles. The van der Waals surface area contributed by atoms with Crippen molar-refractivity contribution >= 4 is 11.7 Å². The summed E-state index contributed by atoms with van der Waals surface area (Å²) < 4.78 is 22.4. The van der Waals surface area contributed by atoms with E-state index in [1.54, 1.807) is 24.3 Å². The molecule has 2 atom stereocenters. The van der Waals surface area contributed by atoms with Crippen molar-refractivity contribution in [1.29, 1.82) is 0 Å². The van der Waals surface area contributed by atoms with Gasteiger partial charge in [-0.15, -0.1) is 0 Å². The van der Waals surface area contributed by atoms with E-state index in [-0.39, 0.29) is 24.0 Å². The number of Topliss-reactive ketones (excluding diaryl/α,β-unsaturated/α-hetero) is 1. The van der Waals surface area contributed by atoms with E-state index in [9.17, 15) is 14.7 Å². The Morgan fingerprint density at radius 1 is 1.27 bits per heavy atom. The number of ether oxygens (including phenoxy) is 3. The van der Waals surface area contributed by atoms with Crippen molar-refractivity contribution in [2.75, 3.05) is 26.9 Å². The van der Waals surface area contributed by atoms with E-state index in [4.69, 9.17) is 18.6 Å². The van der Waals surface area contributed by atoms with Gasteiger partial charge in [-0.25, -0.2) is 0 Å². The van der Waals surface area contributed by atoms with E-state index in [1.165, 1.54) is 24.3 Å². The lowest BCUT2D eigenvalue weighted by Crippen LogP contribution is -2.37. The highest BCUT2D eigenvalue weighted by molar-refractivity contribution is 6.15. The number of aliphatic hydroxyl groups excluding tert-OH is 1. The highest BCUT2D eigenvalue weighted by Crippen LogP contribution is 2.42. The molecule has 1 N–H and O–H groups in total. The van der Waals surface area contributed by atoms with Crippen LogP contribution in [0.5, 0.6) is 11.5 Å². The number of benzene rings is 1. The molecule has 0 spiro atoms. The Hall–Kier alpha value is -3.26. The van der Waals surface area contributed by atoms with E-state index in [2.05, 4.69) is 6.92 Å². The van der Waals surface area contributed by atoms with Crippen LogP contribution in [0.1, 0.15) is 54.8 Å². The molecule has 33 heavy (non-hydrogen) atoms. The van der Waals surface area contributed by atoms with Crippen LogP contribution in [-0.4, -0.2) is 54.7 Å². The number of furan rings is 1. The van der Waals surface area contributed by atoms with Gasteiger partial charge >= 0.3 is 0 Å². The summed E-state index contributed by atoms with van der Waals surface area (Å²) in [5, 5.41) is 10.8. The highest BCUT2D eigenvalue weighted by atomic mass is 16.5. The maximum Gasteiger partial charge on any atom is 0.290 e. The van der Waals surface area contributed by atoms with Crippen molar-refractivity contribution in [2.24, 2.45) is 0 Å². The van der Waals surface area contributed by atoms with Gasteiger partial charge in [0.15, 0.2) is 23.0 Å². The zero-order valence-corrected chi connectivity index (χ0v) is 18.9. The van der Waals surface area contributed by atoms with E-state index in [0.717, 1.165) is 25.7 Å². The molecule has 0 radical (unpaired) electrons. The fraction of sp³-hybridized carbons (Fsp3) is 0.440. The van der Waals surface area contributed by atoms with Gasteiger partial charge in [-0.05, 0) is 49.1 Å². The van der Waals surface area contributed by atoms with Crippen molar-refractivity contribution in [3.05, 3.63) is 59.3 Å². The van der Waals surface area contributed by atoms with Crippen LogP contribution >= 0.6 is 0 Å². The van der Waals surface area contributed by atoms with Crippen LogP contribution in [0.25, 0.3) is 0 Å². The summed E-state index contributed by atoms with van der Waals surface area (Å²) in [6.45, 7) is 3.54. The van der Waals surface area contributed by atoms with Gasteiger partial charge in [-0.3, -0.25) is 9.59 Å². The molecule has 1 aromatic heterocycles. The number of amides is 1. The van der Waals surface area contributed by atoms with E-state index in [0.29, 0.717) is 30.3 Å². The SMILES string of the molecule is CCCCOc1ccc(C2C(C(=O)c3ccco3)=C(O)C(=O)N2CC2CCCO2)cc1OC. The van der Waals surface area contributed by atoms with Gasteiger partial charge < -0.3 is 28.6 Å². The Bertz CT molecular complexity index is 1020. The molecular formula is C25H29NO7. The second-order valence-corrected chi connectivity index (χ2v) is 8.18. The van der Waals surface area contributed by atoms with Crippen molar-refractivity contribution in [1.82, 2.24) is 4.90 Å². The van der Waals surface area contributed by atoms with Gasteiger partial charge in [0.2, 0.25) is 5.78 Å². The van der Waals surface area contributed by atoms with Gasteiger partial charge in [0.25, 0.3) is 5.91 Å². The first-order valence-corrected chi connectivity index (χ1v) is 11.3. The fourth-order valence-corrected chi connectivity index (χ4v) is 4.27. The highest BCUT2D eigenvalue weighted by Gasteiger charge is 2.45. The summed E-state index contributed by atoms with van der Waals surface area (Å²) in [6, 6.07) is 7.60. The summed E-state index contributed by atoms with van der Waals surface area (Å²) in [5.74, 6) is -0.580. The Morgan fingerprint density at radius 2 is 2.12 bits per heavy atom. The first-order chi connectivity index (χ1) is 16.0. The van der Waals surface area contributed by atoms with E-state index < -0.39 is 23.5 Å². The quantitative estimate of drug-likeness (QED) is 0.423. The maximum absolute atomic E-state index is 13.2. The summed E-state index contributed by atoms with van der Waals surface area (Å²) in [7, 11) is 1.54. The average Bonchev–Trinajstić information content (AvgIpc) is 3.58. The lowest BCUT2D eigenvalue weighted by Gasteiger charge is -2.29. The maximum atomic E-state index is 13.2. The number of nitrogens with zero attached hydrogens (tertiary/aromatic N) is 1. The standard InChI is InChI=1S/C25H29NO7/c1-3-4-11-32-18-10-9-16(14-20(18)30-2)22-21(23(27)19-8-6-13-33-19)24(28)25(29)26(22)15-17-7-5-12-31-17/h6,8-10,13-14,17,22,28H,3-5,7,11-12,15H2,1-2H3. The monoisotopic (exact) mass is 455 g/mol. The number of hydrogen-bond donors (Lipinski definition) is 1. The van der Waals surface area contributed by atoms with Crippen LogP contribution in [0.2, 0.25) is 0 Å². The second kappa shape index (κ2) is 10.1. The van der Waals surface area contributed by atoms with Crippen LogP contribution in [0.4, 0.5) is 0 Å². The Labute approximate surface area is 192 Å². The lowest BCUT2D eigenvalue weighted by molar-refractivity contribution is -0.131. The van der Waals surface area contributed by atoms with Crippen LogP contribution in [-0.2, 0) is 9.53 Å². The number of carbonyl (C=O) groups is 2. The lowest BCUT2D eigenvalue weighted by atomic mass is 9.94. The number of hydrogen-bond acceptors (Lipinski definition) is 7. The molecule has 8 heteroatoms. The van der Waals surface area contributed by atoms with Crippen LogP contribution < -0.4 is 9.47 Å². The Morgan fingerprint density at radius 3 is 2.79 bits per heavy atom. The van der Waals surface area contributed by atoms with Crippen LogP contribution in [0, 0.1) is 0 Å². The number of rotatable bonds is 10.